The van der Waals surface area contributed by atoms with Crippen LogP contribution in [0.4, 0.5) is 4.39 Å². The molecular formula is C17H17FO2S. The van der Waals surface area contributed by atoms with E-state index in [1.165, 1.54) is 12.1 Å². The molecule has 21 heavy (non-hydrogen) atoms. The number of fused-ring (bicyclic) bond motifs is 1. The molecule has 0 aromatic heterocycles. The molecule has 2 atom stereocenters. The fourth-order valence-corrected chi connectivity index (χ4v) is 3.54. The summed E-state index contributed by atoms with van der Waals surface area (Å²) in [7, 11) is 0. The number of halogens is 1. The predicted molar refractivity (Wildman–Crippen MR) is 82.4 cm³/mol. The minimum Gasteiger partial charge on any atom is -0.486 e. The smallest absolute Gasteiger partial charge is 0.134 e. The second-order valence-corrected chi connectivity index (χ2v) is 6.32. The summed E-state index contributed by atoms with van der Waals surface area (Å²) in [6.07, 6.45) is -0.371. The van der Waals surface area contributed by atoms with Crippen molar-refractivity contribution in [3.8, 4) is 5.75 Å². The van der Waals surface area contributed by atoms with Gasteiger partial charge in [0.1, 0.15) is 17.7 Å². The quantitative estimate of drug-likeness (QED) is 0.939. The molecule has 110 valence electrons. The molecule has 1 N–H and O–H groups in total. The monoisotopic (exact) mass is 304 g/mol. The zero-order valence-electron chi connectivity index (χ0n) is 11.8. The van der Waals surface area contributed by atoms with Gasteiger partial charge in [-0.3, -0.25) is 0 Å². The van der Waals surface area contributed by atoms with Crippen molar-refractivity contribution < 1.29 is 14.2 Å². The molecule has 0 spiro atoms. The van der Waals surface area contributed by atoms with Gasteiger partial charge in [-0.05, 0) is 42.3 Å². The molecule has 0 amide bonds. The Morgan fingerprint density at radius 3 is 2.95 bits per heavy atom. The Morgan fingerprint density at radius 1 is 1.33 bits per heavy atom. The Balaban J connectivity index is 1.70. The number of thioether (sulfide) groups is 1. The van der Waals surface area contributed by atoms with Crippen LogP contribution in [-0.2, 0) is 6.42 Å². The number of ether oxygens (including phenoxy) is 1. The van der Waals surface area contributed by atoms with E-state index in [1.807, 2.05) is 31.2 Å². The van der Waals surface area contributed by atoms with Gasteiger partial charge in [0.25, 0.3) is 0 Å². The van der Waals surface area contributed by atoms with Crippen molar-refractivity contribution in [1.29, 1.82) is 0 Å². The molecule has 0 fully saturated rings. The summed E-state index contributed by atoms with van der Waals surface area (Å²) in [5.74, 6) is 1.30. The van der Waals surface area contributed by atoms with Crippen molar-refractivity contribution in [3.63, 3.8) is 0 Å². The van der Waals surface area contributed by atoms with Gasteiger partial charge in [0.05, 0.1) is 6.10 Å². The van der Waals surface area contributed by atoms with Crippen LogP contribution >= 0.6 is 11.8 Å². The van der Waals surface area contributed by atoms with Gasteiger partial charge in [-0.1, -0.05) is 18.2 Å². The number of aryl methyl sites for hydroxylation is 1. The second-order valence-electron chi connectivity index (χ2n) is 5.26. The molecule has 2 unspecified atom stereocenters. The minimum atomic E-state index is -0.602. The molecule has 0 radical (unpaired) electrons. The molecule has 1 heterocycles. The van der Waals surface area contributed by atoms with Gasteiger partial charge in [-0.25, -0.2) is 4.39 Å². The van der Waals surface area contributed by atoms with E-state index in [0.29, 0.717) is 6.42 Å². The Labute approximate surface area is 128 Å². The normalized spacial score (nSPS) is 18.7. The van der Waals surface area contributed by atoms with Crippen molar-refractivity contribution in [2.45, 2.75) is 30.4 Å². The number of aliphatic hydroxyl groups excluding tert-OH is 1. The summed E-state index contributed by atoms with van der Waals surface area (Å²) >= 11 is 1.70. The maximum Gasteiger partial charge on any atom is 0.134 e. The van der Waals surface area contributed by atoms with Crippen LogP contribution in [0.3, 0.4) is 0 Å². The molecule has 0 saturated heterocycles. The Hall–Kier alpha value is -1.52. The fraction of sp³-hybridized carbons (Fsp3) is 0.294. The van der Waals surface area contributed by atoms with Gasteiger partial charge >= 0.3 is 0 Å². The first-order valence-electron chi connectivity index (χ1n) is 6.95. The highest BCUT2D eigenvalue weighted by Crippen LogP contribution is 2.36. The third-order valence-electron chi connectivity index (χ3n) is 3.69. The number of benzene rings is 2. The number of para-hydroxylation sites is 1. The summed E-state index contributed by atoms with van der Waals surface area (Å²) < 4.78 is 19.0. The summed E-state index contributed by atoms with van der Waals surface area (Å²) in [6.45, 7) is 1.86. The second kappa shape index (κ2) is 6.08. The third-order valence-corrected chi connectivity index (χ3v) is 4.84. The number of aliphatic hydroxyl groups is 1. The van der Waals surface area contributed by atoms with Crippen molar-refractivity contribution in [2.24, 2.45) is 0 Å². The zero-order chi connectivity index (χ0) is 14.8. The van der Waals surface area contributed by atoms with Gasteiger partial charge in [0.15, 0.2) is 0 Å². The maximum absolute atomic E-state index is 13.1. The highest BCUT2D eigenvalue weighted by Gasteiger charge is 2.27. The van der Waals surface area contributed by atoms with Crippen molar-refractivity contribution in [1.82, 2.24) is 0 Å². The van der Waals surface area contributed by atoms with Gasteiger partial charge in [0.2, 0.25) is 0 Å². The lowest BCUT2D eigenvalue weighted by atomic mass is 10.00. The number of rotatable bonds is 3. The molecular weight excluding hydrogens is 287 g/mol. The van der Waals surface area contributed by atoms with Crippen LogP contribution in [0.25, 0.3) is 0 Å². The largest absolute Gasteiger partial charge is 0.486 e. The van der Waals surface area contributed by atoms with E-state index in [2.05, 4.69) is 0 Å². The average molecular weight is 304 g/mol. The first-order valence-corrected chi connectivity index (χ1v) is 7.93. The van der Waals surface area contributed by atoms with E-state index in [4.69, 9.17) is 4.74 Å². The van der Waals surface area contributed by atoms with Gasteiger partial charge < -0.3 is 9.84 Å². The lowest BCUT2D eigenvalue weighted by Gasteiger charge is -2.29. The van der Waals surface area contributed by atoms with Gasteiger partial charge in [0, 0.05) is 17.1 Å². The van der Waals surface area contributed by atoms with E-state index in [-0.39, 0.29) is 11.9 Å². The SMILES string of the molecule is Cc1cc(F)ccc1CC(O)C1CSc2ccccc2O1. The van der Waals surface area contributed by atoms with E-state index in [0.717, 1.165) is 27.5 Å². The lowest BCUT2D eigenvalue weighted by Crippen LogP contribution is -2.37. The van der Waals surface area contributed by atoms with Crippen LogP contribution in [-0.4, -0.2) is 23.1 Å². The predicted octanol–water partition coefficient (Wildman–Crippen LogP) is 3.59. The Morgan fingerprint density at radius 2 is 2.14 bits per heavy atom. The summed E-state index contributed by atoms with van der Waals surface area (Å²) in [6, 6.07) is 12.5. The Bertz CT molecular complexity index is 644. The summed E-state index contributed by atoms with van der Waals surface area (Å²) in [5.41, 5.74) is 1.81. The molecule has 0 saturated carbocycles. The van der Waals surface area contributed by atoms with Crippen LogP contribution in [0.1, 0.15) is 11.1 Å². The highest BCUT2D eigenvalue weighted by molar-refractivity contribution is 7.99. The van der Waals surface area contributed by atoms with Crippen LogP contribution in [0, 0.1) is 12.7 Å². The van der Waals surface area contributed by atoms with Crippen molar-refractivity contribution in [3.05, 3.63) is 59.4 Å². The fourth-order valence-electron chi connectivity index (χ4n) is 2.47. The standard InChI is InChI=1S/C17H17FO2S/c1-11-8-13(18)7-6-12(11)9-14(19)16-10-21-17-5-3-2-4-15(17)20-16/h2-8,14,16,19H,9-10H2,1H3. The molecule has 0 bridgehead atoms. The van der Waals surface area contributed by atoms with E-state index < -0.39 is 6.10 Å². The van der Waals surface area contributed by atoms with E-state index in [1.54, 1.807) is 17.8 Å². The Kier molecular flexibility index (Phi) is 4.17. The molecule has 4 heteroatoms. The maximum atomic E-state index is 13.1. The molecule has 2 aromatic rings. The van der Waals surface area contributed by atoms with E-state index >= 15 is 0 Å². The summed E-state index contributed by atoms with van der Waals surface area (Å²) in [4.78, 5) is 1.11. The van der Waals surface area contributed by atoms with Crippen molar-refractivity contribution in [2.75, 3.05) is 5.75 Å². The van der Waals surface area contributed by atoms with Gasteiger partial charge in [-0.15, -0.1) is 11.8 Å². The highest BCUT2D eigenvalue weighted by atomic mass is 32.2. The molecule has 0 aliphatic carbocycles. The first-order chi connectivity index (χ1) is 10.1. The molecule has 3 rings (SSSR count). The average Bonchev–Trinajstić information content (AvgIpc) is 2.49. The van der Waals surface area contributed by atoms with Crippen molar-refractivity contribution >= 4 is 11.8 Å². The molecule has 1 aliphatic rings. The third kappa shape index (κ3) is 3.22. The van der Waals surface area contributed by atoms with Crippen LogP contribution in [0.2, 0.25) is 0 Å². The number of hydrogen-bond donors (Lipinski definition) is 1. The van der Waals surface area contributed by atoms with Crippen LogP contribution in [0.5, 0.6) is 5.75 Å². The van der Waals surface area contributed by atoms with Gasteiger partial charge in [-0.2, -0.15) is 0 Å². The minimum absolute atomic E-state index is 0.241. The molecule has 2 aromatic carbocycles. The summed E-state index contributed by atoms with van der Waals surface area (Å²) in [5, 5.41) is 10.4. The zero-order valence-corrected chi connectivity index (χ0v) is 12.6. The van der Waals surface area contributed by atoms with E-state index in [9.17, 15) is 9.50 Å². The number of hydrogen-bond acceptors (Lipinski definition) is 3. The molecule has 2 nitrogen and oxygen atoms in total. The molecule has 1 aliphatic heterocycles. The van der Waals surface area contributed by atoms with Crippen LogP contribution < -0.4 is 4.74 Å². The topological polar surface area (TPSA) is 29.5 Å². The first kappa shape index (κ1) is 14.4. The lowest BCUT2D eigenvalue weighted by molar-refractivity contribution is 0.0467. The van der Waals surface area contributed by atoms with Crippen LogP contribution in [0.15, 0.2) is 47.4 Å².